The number of anilines is 2. The number of rotatable bonds is 3. The Morgan fingerprint density at radius 2 is 2.22 bits per heavy atom. The predicted molar refractivity (Wildman–Crippen MR) is 89.4 cm³/mol. The molecular formula is C16H16N2O4S. The van der Waals surface area contributed by atoms with Crippen molar-refractivity contribution in [2.45, 2.75) is 13.8 Å². The van der Waals surface area contributed by atoms with E-state index in [2.05, 4.69) is 0 Å². The van der Waals surface area contributed by atoms with Gasteiger partial charge in [0.1, 0.15) is 16.3 Å². The van der Waals surface area contributed by atoms with Crippen molar-refractivity contribution in [3.63, 3.8) is 0 Å². The minimum Gasteiger partial charge on any atom is -0.482 e. The first-order valence-electron chi connectivity index (χ1n) is 7.13. The fourth-order valence-corrected chi connectivity index (χ4v) is 3.77. The van der Waals surface area contributed by atoms with Crippen molar-refractivity contribution in [1.82, 2.24) is 0 Å². The highest BCUT2D eigenvalue weighted by atomic mass is 32.1. The van der Waals surface area contributed by atoms with Gasteiger partial charge in [0.2, 0.25) is 0 Å². The molecular weight excluding hydrogens is 316 g/mol. The van der Waals surface area contributed by atoms with Gasteiger partial charge in [0.25, 0.3) is 5.91 Å². The van der Waals surface area contributed by atoms with Crippen molar-refractivity contribution in [3.05, 3.63) is 28.6 Å². The molecule has 120 valence electrons. The van der Waals surface area contributed by atoms with E-state index >= 15 is 0 Å². The molecule has 1 amide bonds. The summed E-state index contributed by atoms with van der Waals surface area (Å²) in [5, 5.41) is 9.72. The Balaban J connectivity index is 2.19. The monoisotopic (exact) mass is 332 g/mol. The zero-order valence-electron chi connectivity index (χ0n) is 12.8. The molecule has 1 aliphatic heterocycles. The van der Waals surface area contributed by atoms with Gasteiger partial charge in [-0.3, -0.25) is 4.79 Å². The molecule has 23 heavy (non-hydrogen) atoms. The summed E-state index contributed by atoms with van der Waals surface area (Å²) < 4.78 is 5.44. The van der Waals surface area contributed by atoms with Crippen molar-refractivity contribution in [2.24, 2.45) is 0 Å². The summed E-state index contributed by atoms with van der Waals surface area (Å²) in [5.41, 5.74) is 7.91. The number of aromatic carboxylic acids is 1. The predicted octanol–water partition coefficient (Wildman–Crippen LogP) is 2.75. The number of amides is 1. The minimum atomic E-state index is -1.06. The molecule has 0 aliphatic carbocycles. The molecule has 0 fully saturated rings. The maximum absolute atomic E-state index is 12.0. The van der Waals surface area contributed by atoms with Gasteiger partial charge in [-0.2, -0.15) is 0 Å². The maximum atomic E-state index is 12.0. The number of likely N-dealkylation sites (N-methyl/N-ethyl adjacent to an activating group) is 1. The van der Waals surface area contributed by atoms with E-state index in [1.54, 1.807) is 23.1 Å². The molecule has 0 unspecified atom stereocenters. The van der Waals surface area contributed by atoms with Gasteiger partial charge in [0.05, 0.1) is 5.69 Å². The summed E-state index contributed by atoms with van der Waals surface area (Å²) in [4.78, 5) is 26.0. The van der Waals surface area contributed by atoms with Gasteiger partial charge in [0.15, 0.2) is 6.61 Å². The lowest BCUT2D eigenvalue weighted by atomic mass is 10.00. The number of hydrogen-bond donors (Lipinski definition) is 2. The Morgan fingerprint density at radius 1 is 1.48 bits per heavy atom. The number of benzene rings is 1. The highest BCUT2D eigenvalue weighted by Crippen LogP contribution is 2.42. The topological polar surface area (TPSA) is 92.9 Å². The molecule has 1 aromatic carbocycles. The fourth-order valence-electron chi connectivity index (χ4n) is 2.83. The van der Waals surface area contributed by atoms with Crippen LogP contribution in [0.5, 0.6) is 5.75 Å². The number of carboxylic acid groups (broad SMARTS) is 1. The second-order valence-electron chi connectivity index (χ2n) is 5.19. The standard InChI is InChI=1S/C16H16N2O4S/c1-3-18-10-6-9(4-5-11(10)22-7-12(18)19)13-8(2)23-15(17)14(13)16(20)21/h4-6H,3,7,17H2,1-2H3,(H,20,21). The second kappa shape index (κ2) is 5.58. The van der Waals surface area contributed by atoms with Gasteiger partial charge < -0.3 is 20.5 Å². The van der Waals surface area contributed by atoms with Gasteiger partial charge in [0, 0.05) is 17.0 Å². The minimum absolute atomic E-state index is 0.0188. The molecule has 0 saturated carbocycles. The highest BCUT2D eigenvalue weighted by molar-refractivity contribution is 7.16. The van der Waals surface area contributed by atoms with Gasteiger partial charge in [-0.15, -0.1) is 11.3 Å². The third-order valence-electron chi connectivity index (χ3n) is 3.83. The van der Waals surface area contributed by atoms with E-state index in [9.17, 15) is 14.7 Å². The van der Waals surface area contributed by atoms with E-state index in [1.165, 1.54) is 11.3 Å². The lowest BCUT2D eigenvalue weighted by molar-refractivity contribution is -0.121. The average Bonchev–Trinajstić information content (AvgIpc) is 2.81. The van der Waals surface area contributed by atoms with Gasteiger partial charge in [-0.05, 0) is 31.5 Å². The van der Waals surface area contributed by atoms with Crippen LogP contribution in [0.2, 0.25) is 0 Å². The summed E-state index contributed by atoms with van der Waals surface area (Å²) >= 11 is 1.25. The molecule has 1 aromatic heterocycles. The van der Waals surface area contributed by atoms with Crippen LogP contribution in [-0.2, 0) is 4.79 Å². The Morgan fingerprint density at radius 3 is 2.87 bits per heavy atom. The smallest absolute Gasteiger partial charge is 0.339 e. The molecule has 0 bridgehead atoms. The van der Waals surface area contributed by atoms with Crippen LogP contribution in [0.3, 0.4) is 0 Å². The number of carbonyl (C=O) groups excluding carboxylic acids is 1. The van der Waals surface area contributed by atoms with Crippen LogP contribution in [0.15, 0.2) is 18.2 Å². The zero-order valence-corrected chi connectivity index (χ0v) is 13.6. The van der Waals surface area contributed by atoms with Crippen molar-refractivity contribution >= 4 is 33.9 Å². The average molecular weight is 332 g/mol. The number of hydrogen-bond acceptors (Lipinski definition) is 5. The number of carboxylic acids is 1. The van der Waals surface area contributed by atoms with E-state index in [0.717, 1.165) is 4.88 Å². The van der Waals surface area contributed by atoms with Crippen LogP contribution in [-0.4, -0.2) is 30.1 Å². The summed E-state index contributed by atoms with van der Waals surface area (Å²) in [7, 11) is 0. The Labute approximate surface area is 137 Å². The van der Waals surface area contributed by atoms with Crippen LogP contribution in [0.1, 0.15) is 22.2 Å². The highest BCUT2D eigenvalue weighted by Gasteiger charge is 2.27. The quantitative estimate of drug-likeness (QED) is 0.901. The van der Waals surface area contributed by atoms with E-state index in [-0.39, 0.29) is 23.1 Å². The van der Waals surface area contributed by atoms with Crippen molar-refractivity contribution in [3.8, 4) is 16.9 Å². The van der Waals surface area contributed by atoms with Crippen molar-refractivity contribution < 1.29 is 19.4 Å². The largest absolute Gasteiger partial charge is 0.482 e. The molecule has 2 heterocycles. The van der Waals surface area contributed by atoms with Gasteiger partial charge in [-0.1, -0.05) is 6.07 Å². The number of aryl methyl sites for hydroxylation is 1. The molecule has 7 heteroatoms. The number of ether oxygens (including phenoxy) is 1. The first-order valence-corrected chi connectivity index (χ1v) is 7.95. The third kappa shape index (κ3) is 2.43. The molecule has 1 aliphatic rings. The Hall–Kier alpha value is -2.54. The SMILES string of the molecule is CCN1C(=O)COc2ccc(-c3c(C)sc(N)c3C(=O)O)cc21. The number of fused-ring (bicyclic) bond motifs is 1. The van der Waals surface area contributed by atoms with Crippen molar-refractivity contribution in [1.29, 1.82) is 0 Å². The zero-order chi connectivity index (χ0) is 16.7. The molecule has 3 N–H and O–H groups in total. The molecule has 0 radical (unpaired) electrons. The van der Waals surface area contributed by atoms with E-state index in [4.69, 9.17) is 10.5 Å². The van der Waals surface area contributed by atoms with Crippen LogP contribution in [0.4, 0.5) is 10.7 Å². The number of nitrogen functional groups attached to an aromatic ring is 1. The number of nitrogens with two attached hydrogens (primary N) is 1. The van der Waals surface area contributed by atoms with Gasteiger partial charge in [-0.25, -0.2) is 4.79 Å². The summed E-state index contributed by atoms with van der Waals surface area (Å²) in [6.07, 6.45) is 0. The maximum Gasteiger partial charge on any atom is 0.339 e. The fraction of sp³-hybridized carbons (Fsp3) is 0.250. The van der Waals surface area contributed by atoms with E-state index in [1.807, 2.05) is 13.8 Å². The number of thiophene rings is 1. The van der Waals surface area contributed by atoms with Crippen LogP contribution >= 0.6 is 11.3 Å². The second-order valence-corrected chi connectivity index (χ2v) is 6.44. The van der Waals surface area contributed by atoms with Crippen molar-refractivity contribution in [2.75, 3.05) is 23.8 Å². The Kier molecular flexibility index (Phi) is 3.73. The lowest BCUT2D eigenvalue weighted by Crippen LogP contribution is -2.38. The molecule has 3 rings (SSSR count). The Bertz CT molecular complexity index is 813. The first kappa shape index (κ1) is 15.4. The third-order valence-corrected chi connectivity index (χ3v) is 4.77. The normalized spacial score (nSPS) is 13.7. The summed E-state index contributed by atoms with van der Waals surface area (Å²) in [6, 6.07) is 5.35. The lowest BCUT2D eigenvalue weighted by Gasteiger charge is -2.28. The molecule has 0 spiro atoms. The molecule has 2 aromatic rings. The molecule has 0 atom stereocenters. The van der Waals surface area contributed by atoms with E-state index < -0.39 is 5.97 Å². The number of nitrogens with zero attached hydrogens (tertiary/aromatic N) is 1. The first-order chi connectivity index (χ1) is 10.9. The van der Waals surface area contributed by atoms with E-state index in [0.29, 0.717) is 29.1 Å². The van der Waals surface area contributed by atoms with Crippen LogP contribution < -0.4 is 15.4 Å². The summed E-state index contributed by atoms with van der Waals surface area (Å²) in [5.74, 6) is -0.552. The molecule has 6 nitrogen and oxygen atoms in total. The number of carbonyl (C=O) groups is 2. The van der Waals surface area contributed by atoms with Crippen LogP contribution in [0.25, 0.3) is 11.1 Å². The van der Waals surface area contributed by atoms with Crippen LogP contribution in [0, 0.1) is 6.92 Å². The summed E-state index contributed by atoms with van der Waals surface area (Å²) in [6.45, 7) is 4.26. The van der Waals surface area contributed by atoms with Gasteiger partial charge >= 0.3 is 5.97 Å². The molecule has 0 saturated heterocycles.